The van der Waals surface area contributed by atoms with Gasteiger partial charge in [0.15, 0.2) is 5.65 Å². The zero-order valence-corrected chi connectivity index (χ0v) is 21.8. The van der Waals surface area contributed by atoms with E-state index in [0.717, 1.165) is 10.9 Å². The summed E-state index contributed by atoms with van der Waals surface area (Å²) in [6.45, 7) is 1.97. The van der Waals surface area contributed by atoms with Gasteiger partial charge in [-0.05, 0) is 48.2 Å². The van der Waals surface area contributed by atoms with Crippen molar-refractivity contribution in [2.45, 2.75) is 13.5 Å². The molecule has 0 fully saturated rings. The normalized spacial score (nSPS) is 11.4. The highest BCUT2D eigenvalue weighted by Crippen LogP contribution is 2.35. The zero-order valence-electron chi connectivity index (χ0n) is 21.0. The molecule has 10 heteroatoms. The standard InChI is InChI=1S/C29H22ClFN6O2/c1-16-6-5-7-17-12-19(37(29(38)24(16)17)22-9-4-3-8-21(22)31)14-36-28-25(27(32)33-15-34-28)26(35-36)18-10-11-20(30)23(13-18)39-2/h3-13,15H,14H2,1-2H3,(H2,32,33,34). The lowest BCUT2D eigenvalue weighted by Gasteiger charge is -2.16. The van der Waals surface area contributed by atoms with Gasteiger partial charge in [0.1, 0.15) is 29.4 Å². The number of para-hydroxylation sites is 1. The molecule has 0 unspecified atom stereocenters. The average Bonchev–Trinajstić information content (AvgIpc) is 3.29. The fourth-order valence-electron chi connectivity index (χ4n) is 4.91. The Balaban J connectivity index is 1.61. The fourth-order valence-corrected chi connectivity index (χ4v) is 5.10. The largest absolute Gasteiger partial charge is 0.495 e. The maximum Gasteiger partial charge on any atom is 0.263 e. The minimum absolute atomic E-state index is 0.102. The molecule has 0 aliphatic carbocycles. The van der Waals surface area contributed by atoms with Gasteiger partial charge >= 0.3 is 0 Å². The van der Waals surface area contributed by atoms with Crippen LogP contribution >= 0.6 is 11.6 Å². The molecule has 6 rings (SSSR count). The number of hydrogen-bond acceptors (Lipinski definition) is 6. The Bertz CT molecular complexity index is 1970. The van der Waals surface area contributed by atoms with Crippen LogP contribution in [0.25, 0.3) is 38.8 Å². The van der Waals surface area contributed by atoms with Gasteiger partial charge in [-0.3, -0.25) is 9.36 Å². The summed E-state index contributed by atoms with van der Waals surface area (Å²) < 4.78 is 23.5. The first-order valence-electron chi connectivity index (χ1n) is 12.1. The quantitative estimate of drug-likeness (QED) is 0.308. The van der Waals surface area contributed by atoms with Crippen LogP contribution in [0.15, 0.2) is 77.9 Å². The van der Waals surface area contributed by atoms with Gasteiger partial charge in [-0.15, -0.1) is 0 Å². The number of aryl methyl sites for hydroxylation is 1. The van der Waals surface area contributed by atoms with Crippen molar-refractivity contribution in [2.75, 3.05) is 12.8 Å². The lowest BCUT2D eigenvalue weighted by Crippen LogP contribution is -2.25. The van der Waals surface area contributed by atoms with Crippen LogP contribution < -0.4 is 16.0 Å². The van der Waals surface area contributed by atoms with Crippen LogP contribution in [0.5, 0.6) is 5.75 Å². The molecule has 6 aromatic rings. The number of aromatic nitrogens is 5. The monoisotopic (exact) mass is 540 g/mol. The van der Waals surface area contributed by atoms with Crippen molar-refractivity contribution in [3.63, 3.8) is 0 Å². The molecule has 0 saturated carbocycles. The number of methoxy groups -OCH3 is 1. The van der Waals surface area contributed by atoms with Gasteiger partial charge < -0.3 is 10.5 Å². The van der Waals surface area contributed by atoms with Gasteiger partial charge in [0.2, 0.25) is 0 Å². The maximum absolute atomic E-state index is 15.1. The number of anilines is 1. The van der Waals surface area contributed by atoms with E-state index in [1.807, 2.05) is 31.2 Å². The summed E-state index contributed by atoms with van der Waals surface area (Å²) in [5.41, 5.74) is 9.12. The van der Waals surface area contributed by atoms with Gasteiger partial charge in [-0.2, -0.15) is 5.10 Å². The van der Waals surface area contributed by atoms with E-state index in [2.05, 4.69) is 9.97 Å². The molecule has 2 N–H and O–H groups in total. The minimum atomic E-state index is -0.514. The first kappa shape index (κ1) is 24.6. The van der Waals surface area contributed by atoms with Gasteiger partial charge in [0.05, 0.1) is 35.1 Å². The van der Waals surface area contributed by atoms with Gasteiger partial charge in [0.25, 0.3) is 5.56 Å². The summed E-state index contributed by atoms with van der Waals surface area (Å²) in [5, 5.41) is 7.09. The number of nitrogens with zero attached hydrogens (tertiary/aromatic N) is 5. The highest BCUT2D eigenvalue weighted by Gasteiger charge is 2.21. The van der Waals surface area contributed by atoms with E-state index in [4.69, 9.17) is 27.2 Å². The SMILES string of the molecule is COc1cc(-c2nn(Cc3cc4cccc(C)c4c(=O)n3-c3ccccc3F)c3ncnc(N)c23)ccc1Cl. The van der Waals surface area contributed by atoms with E-state index in [-0.39, 0.29) is 23.6 Å². The molecule has 0 radical (unpaired) electrons. The maximum atomic E-state index is 15.1. The number of halogens is 2. The Morgan fingerprint density at radius 2 is 1.85 bits per heavy atom. The third-order valence-corrected chi connectivity index (χ3v) is 7.03. The fraction of sp³-hybridized carbons (Fsp3) is 0.103. The van der Waals surface area contributed by atoms with E-state index < -0.39 is 5.82 Å². The number of fused-ring (bicyclic) bond motifs is 2. The topological polar surface area (TPSA) is 101 Å². The Kier molecular flexibility index (Phi) is 6.00. The van der Waals surface area contributed by atoms with Gasteiger partial charge in [-0.25, -0.2) is 19.0 Å². The average molecular weight is 541 g/mol. The summed E-state index contributed by atoms with van der Waals surface area (Å²) in [6.07, 6.45) is 1.36. The van der Waals surface area contributed by atoms with Crippen molar-refractivity contribution < 1.29 is 9.13 Å². The molecule has 0 atom stereocenters. The molecule has 39 heavy (non-hydrogen) atoms. The predicted molar refractivity (Wildman–Crippen MR) is 150 cm³/mol. The van der Waals surface area contributed by atoms with Crippen molar-refractivity contribution >= 4 is 39.2 Å². The summed E-state index contributed by atoms with van der Waals surface area (Å²) in [6, 6.07) is 19.0. The zero-order chi connectivity index (χ0) is 27.3. The molecular weight excluding hydrogens is 519 g/mol. The predicted octanol–water partition coefficient (Wildman–Crippen LogP) is 5.54. The number of pyridine rings is 1. The Labute approximate surface area is 227 Å². The molecular formula is C29H22ClFN6O2. The van der Waals surface area contributed by atoms with Gasteiger partial charge in [0, 0.05) is 11.3 Å². The number of ether oxygens (including phenoxy) is 1. The molecule has 0 bridgehead atoms. The summed E-state index contributed by atoms with van der Waals surface area (Å²) in [5.74, 6) is 0.209. The number of nitrogen functional groups attached to an aromatic ring is 1. The molecule has 3 aromatic carbocycles. The molecule has 3 heterocycles. The van der Waals surface area contributed by atoms with Crippen LogP contribution in [0.3, 0.4) is 0 Å². The lowest BCUT2D eigenvalue weighted by molar-refractivity contribution is 0.415. The van der Waals surface area contributed by atoms with Crippen LogP contribution in [0.2, 0.25) is 5.02 Å². The summed E-state index contributed by atoms with van der Waals surface area (Å²) >= 11 is 6.24. The number of rotatable bonds is 5. The van der Waals surface area contributed by atoms with Crippen LogP contribution in [0.1, 0.15) is 11.3 Å². The molecule has 3 aromatic heterocycles. The van der Waals surface area contributed by atoms with Crippen LogP contribution in [-0.2, 0) is 6.54 Å². The first-order valence-corrected chi connectivity index (χ1v) is 12.4. The highest BCUT2D eigenvalue weighted by atomic mass is 35.5. The van der Waals surface area contributed by atoms with E-state index in [0.29, 0.717) is 44.1 Å². The third-order valence-electron chi connectivity index (χ3n) is 6.72. The number of hydrogen-bond donors (Lipinski definition) is 1. The Hall–Kier alpha value is -4.76. The molecule has 0 spiro atoms. The lowest BCUT2D eigenvalue weighted by atomic mass is 10.1. The minimum Gasteiger partial charge on any atom is -0.495 e. The summed E-state index contributed by atoms with van der Waals surface area (Å²) in [7, 11) is 1.53. The molecule has 0 aliphatic rings. The van der Waals surface area contributed by atoms with Gasteiger partial charge in [-0.1, -0.05) is 48.0 Å². The van der Waals surface area contributed by atoms with Crippen molar-refractivity contribution in [2.24, 2.45) is 0 Å². The van der Waals surface area contributed by atoms with Crippen LogP contribution in [0.4, 0.5) is 10.2 Å². The Morgan fingerprint density at radius 3 is 2.64 bits per heavy atom. The first-order chi connectivity index (χ1) is 18.9. The molecule has 0 aliphatic heterocycles. The van der Waals surface area contributed by atoms with Crippen molar-refractivity contribution in [3.8, 4) is 22.7 Å². The molecule has 0 amide bonds. The van der Waals surface area contributed by atoms with E-state index in [1.54, 1.807) is 41.1 Å². The smallest absolute Gasteiger partial charge is 0.263 e. The molecule has 194 valence electrons. The van der Waals surface area contributed by atoms with E-state index in [9.17, 15) is 4.79 Å². The highest BCUT2D eigenvalue weighted by molar-refractivity contribution is 6.32. The Morgan fingerprint density at radius 1 is 1.03 bits per heavy atom. The summed E-state index contributed by atoms with van der Waals surface area (Å²) in [4.78, 5) is 22.5. The number of nitrogens with two attached hydrogens (primary N) is 1. The van der Waals surface area contributed by atoms with Crippen molar-refractivity contribution in [3.05, 3.63) is 106 Å². The van der Waals surface area contributed by atoms with E-state index in [1.165, 1.54) is 24.1 Å². The van der Waals surface area contributed by atoms with E-state index >= 15 is 4.39 Å². The van der Waals surface area contributed by atoms with Crippen LogP contribution in [0, 0.1) is 12.7 Å². The van der Waals surface area contributed by atoms with Crippen molar-refractivity contribution in [1.29, 1.82) is 0 Å². The molecule has 0 saturated heterocycles. The van der Waals surface area contributed by atoms with Crippen LogP contribution in [-0.4, -0.2) is 31.4 Å². The second kappa shape index (κ2) is 9.52. The molecule has 8 nitrogen and oxygen atoms in total. The second-order valence-corrected chi connectivity index (χ2v) is 9.49. The number of benzene rings is 3. The third kappa shape index (κ3) is 4.07. The second-order valence-electron chi connectivity index (χ2n) is 9.08. The van der Waals surface area contributed by atoms with Crippen molar-refractivity contribution in [1.82, 2.24) is 24.3 Å².